The minimum Gasteiger partial charge on any atom is -0.481 e. The summed E-state index contributed by atoms with van der Waals surface area (Å²) in [4.78, 5) is 50.2. The molecule has 36 heavy (non-hydrogen) atoms. The van der Waals surface area contributed by atoms with Gasteiger partial charge in [-0.15, -0.1) is 16.9 Å². The Kier molecular flexibility index (Phi) is 7.76. The number of benzene rings is 1. The summed E-state index contributed by atoms with van der Waals surface area (Å²) in [7, 11) is 0. The lowest BCUT2D eigenvalue weighted by Crippen LogP contribution is -2.70. The summed E-state index contributed by atoms with van der Waals surface area (Å²) in [6, 6.07) is 5.86. The highest BCUT2D eigenvalue weighted by molar-refractivity contribution is 8.01. The van der Waals surface area contributed by atoms with Crippen LogP contribution in [0.25, 0.3) is 0 Å². The number of tetrazole rings is 1. The Bertz CT molecular complexity index is 1190. The number of H-pyrrole nitrogens is 1. The van der Waals surface area contributed by atoms with Gasteiger partial charge in [-0.05, 0) is 33.7 Å². The fourth-order valence-electron chi connectivity index (χ4n) is 3.83. The number of aliphatic carboxylic acids is 2. The van der Waals surface area contributed by atoms with Crippen molar-refractivity contribution < 1.29 is 34.1 Å². The summed E-state index contributed by atoms with van der Waals surface area (Å²) in [5.41, 5.74) is 6.01. The molecular formula is C20H21N7O7S2. The largest absolute Gasteiger partial charge is 0.481 e. The molecule has 0 radical (unpaired) electrons. The number of ether oxygens (including phenoxy) is 1. The van der Waals surface area contributed by atoms with Gasteiger partial charge in [-0.1, -0.05) is 23.9 Å². The Labute approximate surface area is 212 Å². The smallest absolute Gasteiger partial charge is 0.352 e. The van der Waals surface area contributed by atoms with E-state index in [9.17, 15) is 29.4 Å². The number of amides is 2. The lowest BCUT2D eigenvalue weighted by atomic mass is 10.00. The second-order valence-electron chi connectivity index (χ2n) is 7.68. The van der Waals surface area contributed by atoms with Crippen LogP contribution in [0.2, 0.25) is 0 Å². The van der Waals surface area contributed by atoms with Crippen LogP contribution in [0, 0.1) is 0 Å². The maximum Gasteiger partial charge on any atom is 0.352 e. The first-order valence-corrected chi connectivity index (χ1v) is 12.5. The van der Waals surface area contributed by atoms with Crippen LogP contribution in [-0.2, 0) is 25.6 Å². The number of hydrogen-bond acceptors (Lipinski definition) is 11. The van der Waals surface area contributed by atoms with Gasteiger partial charge in [-0.2, -0.15) is 0 Å². The van der Waals surface area contributed by atoms with Crippen LogP contribution in [0.1, 0.15) is 12.0 Å². The third-order valence-corrected chi connectivity index (χ3v) is 7.82. The standard InChI is InChI=1S/C20H21N7O7S2/c21-8-34-10-3-1-9(2-4-10)5-13(28)22-15-17(31)27-16(19(32)33)11(7-35-18(15)27)12(6-14(29)30)36-20-23-25-26-24-20/h1-4,12,15,18H,5-8,21H2,(H,22,28)(H,29,30)(H,32,33)(H,23,24,25,26)/t12?,15?,18-/m0/s1. The number of aromatic nitrogens is 4. The fraction of sp³-hybridized carbons (Fsp3) is 0.350. The van der Waals surface area contributed by atoms with Gasteiger partial charge in [0.25, 0.3) is 5.91 Å². The normalized spacial score (nSPS) is 19.8. The number of nitrogens with one attached hydrogen (secondary N) is 2. The van der Waals surface area contributed by atoms with Gasteiger partial charge in [-0.3, -0.25) is 25.0 Å². The van der Waals surface area contributed by atoms with Crippen molar-refractivity contribution in [3.8, 4) is 5.75 Å². The average molecular weight is 536 g/mol. The van der Waals surface area contributed by atoms with E-state index in [-0.39, 0.29) is 35.3 Å². The Morgan fingerprint density at radius 3 is 2.67 bits per heavy atom. The summed E-state index contributed by atoms with van der Waals surface area (Å²) in [5.74, 6) is -2.77. The zero-order valence-electron chi connectivity index (χ0n) is 18.5. The number of carbonyl (C=O) groups is 4. The number of carboxylic acid groups (broad SMARTS) is 2. The third kappa shape index (κ3) is 5.44. The molecule has 3 heterocycles. The molecule has 3 atom stereocenters. The van der Waals surface area contributed by atoms with Crippen LogP contribution in [0.3, 0.4) is 0 Å². The number of fused-ring (bicyclic) bond motifs is 1. The van der Waals surface area contributed by atoms with Crippen molar-refractivity contribution in [3.05, 3.63) is 41.1 Å². The molecular weight excluding hydrogens is 514 g/mol. The molecule has 6 N–H and O–H groups in total. The number of carboxylic acids is 2. The van der Waals surface area contributed by atoms with E-state index in [0.717, 1.165) is 16.7 Å². The number of aromatic amines is 1. The van der Waals surface area contributed by atoms with E-state index in [1.807, 2.05) is 0 Å². The molecule has 4 rings (SSSR count). The topological polar surface area (TPSA) is 214 Å². The minimum absolute atomic E-state index is 0.0134. The second-order valence-corrected chi connectivity index (χ2v) is 9.97. The van der Waals surface area contributed by atoms with Gasteiger partial charge in [0.2, 0.25) is 11.1 Å². The summed E-state index contributed by atoms with van der Waals surface area (Å²) in [6.45, 7) is 0.0284. The SMILES string of the molecule is NCOc1ccc(CC(=O)NC2C(=O)N3C(C(=O)O)=C(C(CC(=O)O)Sc4nnn[nH]4)CS[C@@H]23)cc1. The first-order valence-electron chi connectivity index (χ1n) is 10.5. The zero-order valence-corrected chi connectivity index (χ0v) is 20.1. The molecule has 1 saturated heterocycles. The molecule has 190 valence electrons. The molecule has 0 saturated carbocycles. The average Bonchev–Trinajstić information content (AvgIpc) is 3.35. The van der Waals surface area contributed by atoms with Crippen molar-refractivity contribution in [1.82, 2.24) is 30.8 Å². The molecule has 2 aromatic rings. The first kappa shape index (κ1) is 25.5. The molecule has 16 heteroatoms. The maximum absolute atomic E-state index is 12.9. The zero-order chi connectivity index (χ0) is 25.8. The molecule has 0 spiro atoms. The number of rotatable bonds is 11. The van der Waals surface area contributed by atoms with Gasteiger partial charge < -0.3 is 20.3 Å². The van der Waals surface area contributed by atoms with E-state index < -0.39 is 46.8 Å². The fourth-order valence-corrected chi connectivity index (χ4v) is 6.37. The monoisotopic (exact) mass is 535 g/mol. The van der Waals surface area contributed by atoms with E-state index in [0.29, 0.717) is 11.3 Å². The van der Waals surface area contributed by atoms with E-state index in [1.54, 1.807) is 24.3 Å². The van der Waals surface area contributed by atoms with Gasteiger partial charge >= 0.3 is 11.9 Å². The van der Waals surface area contributed by atoms with Crippen molar-refractivity contribution >= 4 is 47.3 Å². The predicted octanol–water partition coefficient (Wildman–Crippen LogP) is -0.589. The summed E-state index contributed by atoms with van der Waals surface area (Å²) < 4.78 is 5.16. The molecule has 0 bridgehead atoms. The number of nitrogens with zero attached hydrogens (tertiary/aromatic N) is 4. The van der Waals surface area contributed by atoms with E-state index in [1.165, 1.54) is 11.8 Å². The Morgan fingerprint density at radius 2 is 2.06 bits per heavy atom. The van der Waals surface area contributed by atoms with Crippen molar-refractivity contribution in [2.45, 2.75) is 34.7 Å². The molecule has 1 fully saturated rings. The molecule has 1 aromatic carbocycles. The van der Waals surface area contributed by atoms with Crippen LogP contribution < -0.4 is 15.8 Å². The predicted molar refractivity (Wildman–Crippen MR) is 126 cm³/mol. The Hall–Kier alpha value is -3.63. The molecule has 2 aliphatic heterocycles. The van der Waals surface area contributed by atoms with Crippen molar-refractivity contribution in [2.75, 3.05) is 12.5 Å². The quantitative estimate of drug-likeness (QED) is 0.138. The van der Waals surface area contributed by atoms with Crippen molar-refractivity contribution in [3.63, 3.8) is 0 Å². The summed E-state index contributed by atoms with van der Waals surface area (Å²) in [5, 5.41) is 33.8. The number of hydrogen-bond donors (Lipinski definition) is 5. The van der Waals surface area contributed by atoms with Crippen molar-refractivity contribution in [2.24, 2.45) is 5.73 Å². The van der Waals surface area contributed by atoms with Gasteiger partial charge in [0, 0.05) is 11.0 Å². The van der Waals surface area contributed by atoms with E-state index >= 15 is 0 Å². The highest BCUT2D eigenvalue weighted by atomic mass is 32.2. The molecule has 1 aromatic heterocycles. The van der Waals surface area contributed by atoms with Crippen LogP contribution in [-0.4, -0.2) is 88.6 Å². The van der Waals surface area contributed by atoms with Crippen LogP contribution in [0.5, 0.6) is 5.75 Å². The molecule has 0 aliphatic carbocycles. The van der Waals surface area contributed by atoms with Gasteiger partial charge in [-0.25, -0.2) is 9.89 Å². The van der Waals surface area contributed by atoms with Crippen molar-refractivity contribution in [1.29, 1.82) is 0 Å². The molecule has 2 aliphatic rings. The summed E-state index contributed by atoms with van der Waals surface area (Å²) >= 11 is 2.22. The number of carbonyl (C=O) groups excluding carboxylic acids is 2. The van der Waals surface area contributed by atoms with Gasteiger partial charge in [0.05, 0.1) is 12.8 Å². The number of β-lactam (4-membered cyclic amide) rings is 1. The lowest BCUT2D eigenvalue weighted by molar-refractivity contribution is -0.150. The molecule has 2 amide bonds. The Morgan fingerprint density at radius 1 is 1.31 bits per heavy atom. The third-order valence-electron chi connectivity index (χ3n) is 5.38. The second kappa shape index (κ2) is 11.0. The minimum atomic E-state index is -1.36. The molecule has 14 nitrogen and oxygen atoms in total. The Balaban J connectivity index is 1.48. The van der Waals surface area contributed by atoms with Crippen LogP contribution in [0.15, 0.2) is 40.7 Å². The molecule has 2 unspecified atom stereocenters. The first-order chi connectivity index (χ1) is 17.3. The van der Waals surface area contributed by atoms with Gasteiger partial charge in [0.1, 0.15) is 29.6 Å². The highest BCUT2D eigenvalue weighted by Crippen LogP contribution is 2.44. The van der Waals surface area contributed by atoms with Gasteiger partial charge in [0.15, 0.2) is 0 Å². The van der Waals surface area contributed by atoms with E-state index in [4.69, 9.17) is 10.5 Å². The highest BCUT2D eigenvalue weighted by Gasteiger charge is 2.54. The van der Waals surface area contributed by atoms with Crippen LogP contribution in [0.4, 0.5) is 0 Å². The maximum atomic E-state index is 12.9. The van der Waals surface area contributed by atoms with E-state index in [2.05, 4.69) is 25.9 Å². The lowest BCUT2D eigenvalue weighted by Gasteiger charge is -2.50. The number of thioether (sulfide) groups is 2. The number of nitrogens with two attached hydrogens (primary N) is 1. The van der Waals surface area contributed by atoms with Crippen LogP contribution >= 0.6 is 23.5 Å². The summed E-state index contributed by atoms with van der Waals surface area (Å²) in [6.07, 6.45) is -0.389.